The molecule has 2 aromatic carbocycles. The van der Waals surface area contributed by atoms with Crippen molar-refractivity contribution < 1.29 is 9.59 Å². The molecule has 2 amide bonds. The number of benzene rings is 2. The molecule has 34 heavy (non-hydrogen) atoms. The van der Waals surface area contributed by atoms with Gasteiger partial charge in [0.15, 0.2) is 0 Å². The van der Waals surface area contributed by atoms with Crippen LogP contribution in [0, 0.1) is 0 Å². The van der Waals surface area contributed by atoms with Crippen molar-refractivity contribution in [3.63, 3.8) is 0 Å². The summed E-state index contributed by atoms with van der Waals surface area (Å²) in [6.45, 7) is 1.12. The largest absolute Gasteiger partial charge is 0.337 e. The highest BCUT2D eigenvalue weighted by molar-refractivity contribution is 7.99. The van der Waals surface area contributed by atoms with Gasteiger partial charge in [-0.1, -0.05) is 42.1 Å². The minimum Gasteiger partial charge on any atom is -0.337 e. The number of nitrogens with one attached hydrogen (secondary N) is 1. The zero-order valence-electron chi connectivity index (χ0n) is 18.8. The van der Waals surface area contributed by atoms with E-state index < -0.39 is 0 Å². The summed E-state index contributed by atoms with van der Waals surface area (Å²) >= 11 is 1.24. The molecule has 0 saturated heterocycles. The summed E-state index contributed by atoms with van der Waals surface area (Å²) in [6.07, 6.45) is 3.73. The number of thioether (sulfide) groups is 1. The first kappa shape index (κ1) is 23.2. The van der Waals surface area contributed by atoms with Crippen molar-refractivity contribution in [3.8, 4) is 0 Å². The van der Waals surface area contributed by atoms with Crippen LogP contribution < -0.4 is 5.32 Å². The zero-order valence-corrected chi connectivity index (χ0v) is 19.6. The quantitative estimate of drug-likeness (QED) is 0.370. The molecule has 0 aliphatic rings. The summed E-state index contributed by atoms with van der Waals surface area (Å²) in [7, 11) is 3.47. The van der Waals surface area contributed by atoms with Gasteiger partial charge < -0.3 is 10.2 Å². The SMILES string of the molecule is CN(Cc1cnn(Cc2ccccc2)c1)C(=O)c1ccc(NC(=O)CSc2nnnn2C)cc1. The Morgan fingerprint density at radius 2 is 1.82 bits per heavy atom. The first-order valence-corrected chi connectivity index (χ1v) is 11.5. The fourth-order valence-electron chi connectivity index (χ4n) is 3.28. The second-order valence-electron chi connectivity index (χ2n) is 7.69. The van der Waals surface area contributed by atoms with E-state index in [0.29, 0.717) is 29.5 Å². The normalized spacial score (nSPS) is 10.8. The van der Waals surface area contributed by atoms with Gasteiger partial charge in [-0.2, -0.15) is 5.10 Å². The lowest BCUT2D eigenvalue weighted by Gasteiger charge is -2.16. The third kappa shape index (κ3) is 6.07. The zero-order chi connectivity index (χ0) is 23.9. The summed E-state index contributed by atoms with van der Waals surface area (Å²) in [6, 6.07) is 16.9. The Balaban J connectivity index is 1.28. The smallest absolute Gasteiger partial charge is 0.253 e. The van der Waals surface area contributed by atoms with E-state index in [0.717, 1.165) is 11.1 Å². The van der Waals surface area contributed by atoms with E-state index in [9.17, 15) is 9.59 Å². The molecule has 1 N–H and O–H groups in total. The Labute approximate surface area is 201 Å². The van der Waals surface area contributed by atoms with Crippen LogP contribution in [0.4, 0.5) is 5.69 Å². The Morgan fingerprint density at radius 1 is 1.06 bits per heavy atom. The molecule has 174 valence electrons. The maximum atomic E-state index is 12.8. The van der Waals surface area contributed by atoms with Crippen molar-refractivity contribution in [1.82, 2.24) is 34.9 Å². The van der Waals surface area contributed by atoms with Gasteiger partial charge in [-0.05, 0) is 40.3 Å². The number of hydrogen-bond acceptors (Lipinski definition) is 7. The topological polar surface area (TPSA) is 111 Å². The van der Waals surface area contributed by atoms with Crippen molar-refractivity contribution >= 4 is 29.3 Å². The van der Waals surface area contributed by atoms with E-state index in [1.165, 1.54) is 16.4 Å². The number of aryl methyl sites for hydroxylation is 1. The van der Waals surface area contributed by atoms with E-state index in [4.69, 9.17) is 0 Å². The van der Waals surface area contributed by atoms with Crippen LogP contribution in [0.1, 0.15) is 21.5 Å². The first-order chi connectivity index (χ1) is 16.5. The van der Waals surface area contributed by atoms with E-state index in [-0.39, 0.29) is 17.6 Å². The molecular formula is C23H24N8O2S. The molecule has 0 bridgehead atoms. The average molecular weight is 477 g/mol. The molecule has 10 nitrogen and oxygen atoms in total. The van der Waals surface area contributed by atoms with Gasteiger partial charge in [0, 0.05) is 43.7 Å². The van der Waals surface area contributed by atoms with E-state index in [2.05, 4.69) is 38.1 Å². The highest BCUT2D eigenvalue weighted by Gasteiger charge is 2.14. The van der Waals surface area contributed by atoms with Crippen molar-refractivity contribution in [2.24, 2.45) is 7.05 Å². The number of anilines is 1. The van der Waals surface area contributed by atoms with Gasteiger partial charge in [0.05, 0.1) is 18.5 Å². The number of rotatable bonds is 9. The molecule has 4 aromatic rings. The lowest BCUT2D eigenvalue weighted by molar-refractivity contribution is -0.113. The molecule has 0 radical (unpaired) electrons. The van der Waals surface area contributed by atoms with E-state index in [1.54, 1.807) is 49.5 Å². The maximum Gasteiger partial charge on any atom is 0.253 e. The fraction of sp³-hybridized carbons (Fsp3) is 0.217. The molecule has 11 heteroatoms. The van der Waals surface area contributed by atoms with Crippen molar-refractivity contribution in [2.45, 2.75) is 18.2 Å². The highest BCUT2D eigenvalue weighted by atomic mass is 32.2. The van der Waals surface area contributed by atoms with Crippen molar-refractivity contribution in [1.29, 1.82) is 0 Å². The van der Waals surface area contributed by atoms with Crippen LogP contribution in [0.2, 0.25) is 0 Å². The first-order valence-electron chi connectivity index (χ1n) is 10.5. The van der Waals surface area contributed by atoms with Gasteiger partial charge >= 0.3 is 0 Å². The molecule has 0 aliphatic carbocycles. The third-order valence-electron chi connectivity index (χ3n) is 4.97. The van der Waals surface area contributed by atoms with Crippen LogP contribution in [0.25, 0.3) is 0 Å². The maximum absolute atomic E-state index is 12.8. The summed E-state index contributed by atoms with van der Waals surface area (Å²) < 4.78 is 3.36. The fourth-order valence-corrected chi connectivity index (χ4v) is 3.93. The average Bonchev–Trinajstić information content (AvgIpc) is 3.46. The molecule has 0 aliphatic heterocycles. The molecule has 4 rings (SSSR count). The van der Waals surface area contributed by atoms with Gasteiger partial charge in [0.2, 0.25) is 11.1 Å². The second kappa shape index (κ2) is 10.8. The van der Waals surface area contributed by atoms with Gasteiger partial charge in [-0.25, -0.2) is 4.68 Å². The molecular weight excluding hydrogens is 452 g/mol. The molecule has 2 heterocycles. The van der Waals surface area contributed by atoms with Crippen LogP contribution in [0.3, 0.4) is 0 Å². The predicted octanol–water partition coefficient (Wildman–Crippen LogP) is 2.46. The summed E-state index contributed by atoms with van der Waals surface area (Å²) in [5.41, 5.74) is 3.27. The van der Waals surface area contributed by atoms with E-state index >= 15 is 0 Å². The number of nitrogens with zero attached hydrogens (tertiary/aromatic N) is 7. The summed E-state index contributed by atoms with van der Waals surface area (Å²) in [5, 5.41) is 18.9. The van der Waals surface area contributed by atoms with Gasteiger partial charge in [-0.3, -0.25) is 14.3 Å². The number of hydrogen-bond donors (Lipinski definition) is 1. The van der Waals surface area contributed by atoms with Crippen molar-refractivity contribution in [2.75, 3.05) is 18.1 Å². The molecule has 0 fully saturated rings. The third-order valence-corrected chi connectivity index (χ3v) is 5.98. The molecule has 0 unspecified atom stereocenters. The summed E-state index contributed by atoms with van der Waals surface area (Å²) in [5.74, 6) is -0.119. The van der Waals surface area contributed by atoms with Crippen LogP contribution in [0.15, 0.2) is 72.1 Å². The van der Waals surface area contributed by atoms with Crippen LogP contribution >= 0.6 is 11.8 Å². The van der Waals surface area contributed by atoms with Crippen LogP contribution in [0.5, 0.6) is 0 Å². The number of aromatic nitrogens is 6. The molecule has 0 spiro atoms. The molecule has 2 aromatic heterocycles. The Hall–Kier alpha value is -3.99. The molecule has 0 atom stereocenters. The minimum atomic E-state index is -0.184. The highest BCUT2D eigenvalue weighted by Crippen LogP contribution is 2.16. The monoisotopic (exact) mass is 476 g/mol. The van der Waals surface area contributed by atoms with Gasteiger partial charge in [0.25, 0.3) is 5.91 Å². The standard InChI is InChI=1S/C23H24N8O2S/c1-29(13-18-12-24-31(15-18)14-17-6-4-3-5-7-17)22(33)19-8-10-20(11-9-19)25-21(32)16-34-23-26-27-28-30(23)2/h3-12,15H,13-14,16H2,1-2H3,(H,25,32). The molecule has 0 saturated carbocycles. The van der Waals surface area contributed by atoms with E-state index in [1.807, 2.05) is 29.1 Å². The van der Waals surface area contributed by atoms with Crippen molar-refractivity contribution in [3.05, 3.63) is 83.7 Å². The summed E-state index contributed by atoms with van der Waals surface area (Å²) in [4.78, 5) is 26.6. The number of tetrazole rings is 1. The number of carbonyl (C=O) groups is 2. The number of amides is 2. The number of carbonyl (C=O) groups excluding carboxylic acids is 2. The lowest BCUT2D eigenvalue weighted by atomic mass is 10.1. The Kier molecular flexibility index (Phi) is 7.33. The lowest BCUT2D eigenvalue weighted by Crippen LogP contribution is -2.26. The second-order valence-corrected chi connectivity index (χ2v) is 8.63. The van der Waals surface area contributed by atoms with Gasteiger partial charge in [-0.15, -0.1) is 5.10 Å². The van der Waals surface area contributed by atoms with Gasteiger partial charge in [0.1, 0.15) is 0 Å². The minimum absolute atomic E-state index is 0.112. The Bertz CT molecular complexity index is 1250. The van der Waals surface area contributed by atoms with Crippen LogP contribution in [-0.4, -0.2) is 59.5 Å². The van der Waals surface area contributed by atoms with Crippen LogP contribution in [-0.2, 0) is 24.9 Å². The predicted molar refractivity (Wildman–Crippen MR) is 128 cm³/mol. The Morgan fingerprint density at radius 3 is 2.53 bits per heavy atom.